The third-order valence-corrected chi connectivity index (χ3v) is 2.72. The monoisotopic (exact) mass is 266 g/mol. The number of nitro benzene ring substituents is 1. The largest absolute Gasteiger partial charge is 0.269 e. The van der Waals surface area contributed by atoms with Crippen LogP contribution >= 0.6 is 11.6 Å². The van der Waals surface area contributed by atoms with Crippen molar-refractivity contribution in [3.05, 3.63) is 45.8 Å². The van der Waals surface area contributed by atoms with Gasteiger partial charge in [0.15, 0.2) is 0 Å². The quantitative estimate of drug-likeness (QED) is 0.483. The summed E-state index contributed by atoms with van der Waals surface area (Å²) in [5.41, 5.74) is 2.40. The molecule has 0 atom stereocenters. The second kappa shape index (κ2) is 5.14. The van der Waals surface area contributed by atoms with Crippen LogP contribution in [0, 0.1) is 17.0 Å². The number of non-ortho nitro benzene ring substituents is 1. The Morgan fingerprint density at radius 3 is 2.89 bits per heavy atom. The van der Waals surface area contributed by atoms with Gasteiger partial charge in [-0.3, -0.25) is 10.1 Å². The molecule has 0 saturated heterocycles. The van der Waals surface area contributed by atoms with Gasteiger partial charge in [0.1, 0.15) is 0 Å². The molecule has 0 N–H and O–H groups in total. The normalized spacial score (nSPS) is 10.6. The maximum absolute atomic E-state index is 10.6. The van der Waals surface area contributed by atoms with Crippen molar-refractivity contribution in [3.8, 4) is 5.69 Å². The minimum atomic E-state index is -0.420. The van der Waals surface area contributed by atoms with Crippen LogP contribution in [0.15, 0.2) is 24.4 Å². The molecule has 1 aromatic heterocycles. The van der Waals surface area contributed by atoms with E-state index < -0.39 is 4.92 Å². The smallest absolute Gasteiger partial charge is 0.258 e. The highest BCUT2D eigenvalue weighted by Gasteiger charge is 2.10. The Balaban J connectivity index is 2.35. The Hall–Kier alpha value is -1.95. The lowest BCUT2D eigenvalue weighted by atomic mass is 10.2. The molecule has 2 rings (SSSR count). The Labute approximate surface area is 108 Å². The van der Waals surface area contributed by atoms with Crippen LogP contribution in [0.5, 0.6) is 0 Å². The van der Waals surface area contributed by atoms with Gasteiger partial charge in [-0.2, -0.15) is 0 Å². The van der Waals surface area contributed by atoms with Crippen molar-refractivity contribution in [1.82, 2.24) is 15.0 Å². The molecule has 6 nitrogen and oxygen atoms in total. The summed E-state index contributed by atoms with van der Waals surface area (Å²) in [6.07, 6.45) is 2.42. The molecule has 0 bridgehead atoms. The predicted octanol–water partition coefficient (Wildman–Crippen LogP) is 2.27. The molecule has 0 spiro atoms. The molecular weight excluding hydrogens is 256 g/mol. The van der Waals surface area contributed by atoms with Gasteiger partial charge < -0.3 is 0 Å². The molecular formula is C11H11ClN4O2. The first-order valence-corrected chi connectivity index (χ1v) is 5.88. The summed E-state index contributed by atoms with van der Waals surface area (Å²) in [6, 6.07) is 4.62. The van der Waals surface area contributed by atoms with Crippen LogP contribution < -0.4 is 0 Å². The van der Waals surface area contributed by atoms with Crippen LogP contribution in [0.4, 0.5) is 5.69 Å². The van der Waals surface area contributed by atoms with Crippen LogP contribution in [0.1, 0.15) is 11.3 Å². The van der Waals surface area contributed by atoms with Gasteiger partial charge in [0.25, 0.3) is 5.69 Å². The number of nitrogens with zero attached hydrogens (tertiary/aromatic N) is 4. The number of alkyl halides is 1. The zero-order chi connectivity index (χ0) is 13.1. The second-order valence-electron chi connectivity index (χ2n) is 3.82. The van der Waals surface area contributed by atoms with Gasteiger partial charge in [-0.05, 0) is 18.6 Å². The summed E-state index contributed by atoms with van der Waals surface area (Å²) in [5.74, 6) is 0.484. The highest BCUT2D eigenvalue weighted by molar-refractivity contribution is 6.17. The van der Waals surface area contributed by atoms with Gasteiger partial charge in [-0.25, -0.2) is 4.68 Å². The number of hydrogen-bond donors (Lipinski definition) is 0. The number of aromatic nitrogens is 3. The topological polar surface area (TPSA) is 73.8 Å². The summed E-state index contributed by atoms with van der Waals surface area (Å²) in [6.45, 7) is 1.80. The predicted molar refractivity (Wildman–Crippen MR) is 67.2 cm³/mol. The molecule has 0 aliphatic rings. The first-order chi connectivity index (χ1) is 8.61. The standard InChI is InChI=1S/C11H11ClN4O2/c1-8-6-10(16(17)18)2-3-11(8)15-7-9(4-5-12)13-14-15/h2-3,6-7H,4-5H2,1H3. The van der Waals surface area contributed by atoms with E-state index >= 15 is 0 Å². The molecule has 0 aliphatic heterocycles. The van der Waals surface area contributed by atoms with Crippen LogP contribution in [-0.2, 0) is 6.42 Å². The first kappa shape index (κ1) is 12.5. The molecule has 0 radical (unpaired) electrons. The average Bonchev–Trinajstić information content (AvgIpc) is 2.77. The van der Waals surface area contributed by atoms with Gasteiger partial charge in [0.05, 0.1) is 22.5 Å². The molecule has 0 saturated carbocycles. The SMILES string of the molecule is Cc1cc([N+](=O)[O-])ccc1-n1cc(CCCl)nn1. The zero-order valence-corrected chi connectivity index (χ0v) is 10.5. The maximum atomic E-state index is 10.6. The molecule has 0 unspecified atom stereocenters. The number of benzene rings is 1. The molecule has 0 amide bonds. The second-order valence-corrected chi connectivity index (χ2v) is 4.20. The Morgan fingerprint density at radius 1 is 1.50 bits per heavy atom. The number of aryl methyl sites for hydroxylation is 2. The van der Waals surface area contributed by atoms with Crippen molar-refractivity contribution in [3.63, 3.8) is 0 Å². The molecule has 94 valence electrons. The highest BCUT2D eigenvalue weighted by atomic mass is 35.5. The number of nitro groups is 1. The Morgan fingerprint density at radius 2 is 2.28 bits per heavy atom. The van der Waals surface area contributed by atoms with Crippen molar-refractivity contribution in [2.24, 2.45) is 0 Å². The van der Waals surface area contributed by atoms with Crippen molar-refractivity contribution in [2.75, 3.05) is 5.88 Å². The van der Waals surface area contributed by atoms with E-state index in [1.165, 1.54) is 12.1 Å². The van der Waals surface area contributed by atoms with Crippen LogP contribution in [0.2, 0.25) is 0 Å². The maximum Gasteiger partial charge on any atom is 0.269 e. The lowest BCUT2D eigenvalue weighted by molar-refractivity contribution is -0.384. The van der Waals surface area contributed by atoms with E-state index in [-0.39, 0.29) is 5.69 Å². The first-order valence-electron chi connectivity index (χ1n) is 5.34. The van der Waals surface area contributed by atoms with E-state index in [1.54, 1.807) is 23.9 Å². The summed E-state index contributed by atoms with van der Waals surface area (Å²) < 4.78 is 1.60. The Bertz CT molecular complexity index is 582. The van der Waals surface area contributed by atoms with Gasteiger partial charge >= 0.3 is 0 Å². The van der Waals surface area contributed by atoms with Crippen molar-refractivity contribution >= 4 is 17.3 Å². The average molecular weight is 267 g/mol. The van der Waals surface area contributed by atoms with Gasteiger partial charge in [-0.15, -0.1) is 16.7 Å². The van der Waals surface area contributed by atoms with E-state index in [2.05, 4.69) is 10.3 Å². The summed E-state index contributed by atoms with van der Waals surface area (Å²) in [4.78, 5) is 10.2. The Kier molecular flexibility index (Phi) is 3.57. The minimum Gasteiger partial charge on any atom is -0.258 e. The molecule has 1 heterocycles. The molecule has 0 aliphatic carbocycles. The zero-order valence-electron chi connectivity index (χ0n) is 9.71. The summed E-state index contributed by atoms with van der Waals surface area (Å²) >= 11 is 5.63. The van der Waals surface area contributed by atoms with Crippen molar-refractivity contribution in [2.45, 2.75) is 13.3 Å². The van der Waals surface area contributed by atoms with E-state index in [0.29, 0.717) is 12.3 Å². The summed E-state index contributed by atoms with van der Waals surface area (Å²) in [5, 5.41) is 18.6. The van der Waals surface area contributed by atoms with Crippen LogP contribution in [0.3, 0.4) is 0 Å². The molecule has 2 aromatic rings. The summed E-state index contributed by atoms with van der Waals surface area (Å²) in [7, 11) is 0. The number of rotatable bonds is 4. The van der Waals surface area contributed by atoms with Gasteiger partial charge in [0.2, 0.25) is 0 Å². The third-order valence-electron chi connectivity index (χ3n) is 2.53. The van der Waals surface area contributed by atoms with E-state index in [4.69, 9.17) is 11.6 Å². The van der Waals surface area contributed by atoms with E-state index in [1.807, 2.05) is 0 Å². The molecule has 18 heavy (non-hydrogen) atoms. The van der Waals surface area contributed by atoms with Crippen molar-refractivity contribution in [1.29, 1.82) is 0 Å². The number of hydrogen-bond acceptors (Lipinski definition) is 4. The van der Waals surface area contributed by atoms with Crippen LogP contribution in [-0.4, -0.2) is 25.8 Å². The number of halogens is 1. The molecule has 7 heteroatoms. The van der Waals surface area contributed by atoms with Gasteiger partial charge in [0, 0.05) is 24.4 Å². The fraction of sp³-hybridized carbons (Fsp3) is 0.273. The van der Waals surface area contributed by atoms with E-state index in [9.17, 15) is 10.1 Å². The lowest BCUT2D eigenvalue weighted by Gasteiger charge is -2.03. The fourth-order valence-electron chi connectivity index (χ4n) is 1.64. The molecule has 1 aromatic carbocycles. The van der Waals surface area contributed by atoms with Gasteiger partial charge in [-0.1, -0.05) is 5.21 Å². The lowest BCUT2D eigenvalue weighted by Crippen LogP contribution is -1.99. The third kappa shape index (κ3) is 2.48. The van der Waals surface area contributed by atoms with Crippen molar-refractivity contribution < 1.29 is 4.92 Å². The minimum absolute atomic E-state index is 0.0670. The highest BCUT2D eigenvalue weighted by Crippen LogP contribution is 2.19. The molecule has 0 fully saturated rings. The fourth-order valence-corrected chi connectivity index (χ4v) is 1.83. The van der Waals surface area contributed by atoms with Crippen LogP contribution in [0.25, 0.3) is 5.69 Å². The van der Waals surface area contributed by atoms with E-state index in [0.717, 1.165) is 16.9 Å².